The summed E-state index contributed by atoms with van der Waals surface area (Å²) in [4.78, 5) is 41.8. The lowest BCUT2D eigenvalue weighted by molar-refractivity contribution is -0.139. The molecule has 1 fully saturated rings. The fraction of sp³-hybridized carbons (Fsp3) is 0.346. The number of piperazine rings is 1. The van der Waals surface area contributed by atoms with E-state index < -0.39 is 17.2 Å². The van der Waals surface area contributed by atoms with E-state index in [0.717, 1.165) is 5.56 Å². The maximum Gasteiger partial charge on any atom is 0.271 e. The van der Waals surface area contributed by atoms with Crippen molar-refractivity contribution in [3.8, 4) is 11.6 Å². The molecule has 0 unspecified atom stereocenters. The standard InChI is InChI=1S/C26H28ClFN4O5/c1-15-12-32(16(2)11-31(15)13-17-3-6-19(28)7-4-17)24(34)14-37-23-8-5-18(27)9-20(23)22(33)10-21-25(35)29-30-26(21)36/h3-9,15-16H,10-14H2,1-2H3,(H3,29,30,35,36)/t15-,16+/m0/s1. The van der Waals surface area contributed by atoms with Crippen molar-refractivity contribution >= 4 is 23.3 Å². The monoisotopic (exact) mass is 530 g/mol. The lowest BCUT2D eigenvalue weighted by atomic mass is 10.0. The van der Waals surface area contributed by atoms with Crippen LogP contribution in [0.2, 0.25) is 5.02 Å². The number of aromatic hydroxyl groups is 1. The van der Waals surface area contributed by atoms with E-state index in [1.165, 1.54) is 30.3 Å². The van der Waals surface area contributed by atoms with Crippen molar-refractivity contribution in [3.63, 3.8) is 0 Å². The van der Waals surface area contributed by atoms with Crippen molar-refractivity contribution in [2.45, 2.75) is 38.9 Å². The summed E-state index contributed by atoms with van der Waals surface area (Å²) >= 11 is 6.07. The lowest BCUT2D eigenvalue weighted by Gasteiger charge is -2.44. The fourth-order valence-electron chi connectivity index (χ4n) is 4.45. The molecule has 0 radical (unpaired) electrons. The van der Waals surface area contributed by atoms with Crippen molar-refractivity contribution in [1.29, 1.82) is 0 Å². The highest BCUT2D eigenvalue weighted by atomic mass is 35.5. The second kappa shape index (κ2) is 11.2. The number of aromatic nitrogens is 2. The van der Waals surface area contributed by atoms with Crippen LogP contribution in [0.15, 0.2) is 47.3 Å². The molecule has 2 atom stereocenters. The maximum atomic E-state index is 13.2. The number of nitrogens with one attached hydrogen (secondary N) is 2. The molecule has 3 N–H and O–H groups in total. The molecule has 11 heteroatoms. The first kappa shape index (κ1) is 26.4. The highest BCUT2D eigenvalue weighted by molar-refractivity contribution is 6.31. The normalized spacial score (nSPS) is 18.1. The third kappa shape index (κ3) is 6.20. The molecule has 1 aromatic heterocycles. The second-order valence-corrected chi connectivity index (χ2v) is 9.67. The van der Waals surface area contributed by atoms with Crippen molar-refractivity contribution in [3.05, 3.63) is 80.3 Å². The molecular weight excluding hydrogens is 503 g/mol. The number of H-pyrrole nitrogens is 2. The lowest BCUT2D eigenvalue weighted by Crippen LogP contribution is -2.58. The number of ketones is 1. The number of hydrogen-bond donors (Lipinski definition) is 3. The summed E-state index contributed by atoms with van der Waals surface area (Å²) in [5.41, 5.74) is 0.393. The van der Waals surface area contributed by atoms with Crippen LogP contribution in [-0.2, 0) is 17.8 Å². The van der Waals surface area contributed by atoms with Crippen molar-refractivity contribution in [2.75, 3.05) is 19.7 Å². The Bertz CT molecular complexity index is 1340. The number of hydrogen-bond acceptors (Lipinski definition) is 6. The van der Waals surface area contributed by atoms with Gasteiger partial charge in [-0.05, 0) is 49.7 Å². The minimum absolute atomic E-state index is 0.0741. The van der Waals surface area contributed by atoms with E-state index in [4.69, 9.17) is 16.3 Å². The number of Topliss-reactive ketones (excluding diaryl/α,β-unsaturated/α-hetero) is 1. The number of aromatic amines is 2. The number of benzene rings is 2. The number of halogens is 2. The largest absolute Gasteiger partial charge is 0.493 e. The van der Waals surface area contributed by atoms with Gasteiger partial charge in [-0.1, -0.05) is 23.7 Å². The molecule has 9 nitrogen and oxygen atoms in total. The summed E-state index contributed by atoms with van der Waals surface area (Å²) in [6, 6.07) is 10.8. The predicted octanol–water partition coefficient (Wildman–Crippen LogP) is 3.13. The molecule has 0 bridgehead atoms. The second-order valence-electron chi connectivity index (χ2n) is 9.24. The molecule has 196 valence electrons. The first-order valence-corrected chi connectivity index (χ1v) is 12.2. The van der Waals surface area contributed by atoms with Gasteiger partial charge in [-0.25, -0.2) is 4.39 Å². The van der Waals surface area contributed by atoms with Gasteiger partial charge in [-0.2, -0.15) is 0 Å². The minimum Gasteiger partial charge on any atom is -0.493 e. The van der Waals surface area contributed by atoms with Gasteiger partial charge in [-0.15, -0.1) is 0 Å². The van der Waals surface area contributed by atoms with Crippen molar-refractivity contribution < 1.29 is 23.8 Å². The molecule has 1 saturated heterocycles. The highest BCUT2D eigenvalue weighted by Gasteiger charge is 2.32. The van der Waals surface area contributed by atoms with Crippen LogP contribution in [0.4, 0.5) is 4.39 Å². The topological polar surface area (TPSA) is 119 Å². The molecule has 2 heterocycles. The van der Waals surface area contributed by atoms with Gasteiger partial charge in [-0.3, -0.25) is 29.5 Å². The zero-order chi connectivity index (χ0) is 26.7. The SMILES string of the molecule is C[C@@H]1CN(Cc2ccc(F)cc2)[C@@H](C)CN1C(=O)COc1ccc(Cl)cc1C(=O)Cc1c(O)[nH][nH]c1=O. The Balaban J connectivity index is 1.39. The molecule has 0 aliphatic carbocycles. The Hall–Kier alpha value is -3.63. The molecule has 1 amide bonds. The molecule has 1 aliphatic rings. The summed E-state index contributed by atoms with van der Waals surface area (Å²) in [7, 11) is 0. The summed E-state index contributed by atoms with van der Waals surface area (Å²) in [5, 5.41) is 14.5. The Morgan fingerprint density at radius 2 is 1.84 bits per heavy atom. The summed E-state index contributed by atoms with van der Waals surface area (Å²) in [5.74, 6) is -1.26. The van der Waals surface area contributed by atoms with Crippen LogP contribution in [0.1, 0.15) is 35.3 Å². The smallest absolute Gasteiger partial charge is 0.271 e. The van der Waals surface area contributed by atoms with E-state index in [1.54, 1.807) is 17.0 Å². The van der Waals surface area contributed by atoms with Crippen LogP contribution in [-0.4, -0.2) is 68.6 Å². The highest BCUT2D eigenvalue weighted by Crippen LogP contribution is 2.26. The van der Waals surface area contributed by atoms with Crippen LogP contribution < -0.4 is 10.3 Å². The molecule has 0 spiro atoms. The van der Waals surface area contributed by atoms with Gasteiger partial charge in [0.05, 0.1) is 11.1 Å². The fourth-order valence-corrected chi connectivity index (χ4v) is 4.62. The molecule has 1 aliphatic heterocycles. The Morgan fingerprint density at radius 3 is 2.51 bits per heavy atom. The third-order valence-electron chi connectivity index (χ3n) is 6.52. The average Bonchev–Trinajstić information content (AvgIpc) is 3.18. The van der Waals surface area contributed by atoms with Gasteiger partial charge in [0, 0.05) is 43.2 Å². The Kier molecular flexibility index (Phi) is 7.99. The van der Waals surface area contributed by atoms with E-state index in [0.29, 0.717) is 19.6 Å². The van der Waals surface area contributed by atoms with Gasteiger partial charge in [0.1, 0.15) is 11.6 Å². The molecular formula is C26H28ClFN4O5. The number of rotatable bonds is 8. The van der Waals surface area contributed by atoms with Crippen molar-refractivity contribution in [2.24, 2.45) is 0 Å². The summed E-state index contributed by atoms with van der Waals surface area (Å²) in [6.45, 7) is 5.49. The first-order chi connectivity index (χ1) is 17.6. The van der Waals surface area contributed by atoms with Gasteiger partial charge in [0.2, 0.25) is 5.88 Å². The molecule has 2 aromatic carbocycles. The predicted molar refractivity (Wildman–Crippen MR) is 136 cm³/mol. The van der Waals surface area contributed by atoms with Crippen molar-refractivity contribution in [1.82, 2.24) is 20.0 Å². The van der Waals surface area contributed by atoms with Gasteiger partial charge in [0.25, 0.3) is 11.5 Å². The Labute approximate surface area is 217 Å². The number of amides is 1. The third-order valence-corrected chi connectivity index (χ3v) is 6.75. The van der Waals surface area contributed by atoms with Gasteiger partial charge in [0.15, 0.2) is 12.4 Å². The van der Waals surface area contributed by atoms with Crippen LogP contribution in [0.25, 0.3) is 0 Å². The molecule has 3 aromatic rings. The molecule has 0 saturated carbocycles. The van der Waals surface area contributed by atoms with Crippen LogP contribution >= 0.6 is 11.6 Å². The minimum atomic E-state index is -0.604. The van der Waals surface area contributed by atoms with E-state index in [2.05, 4.69) is 15.1 Å². The number of nitrogens with zero attached hydrogens (tertiary/aromatic N) is 2. The number of carbonyl (C=O) groups is 2. The van der Waals surface area contributed by atoms with E-state index in [9.17, 15) is 23.9 Å². The number of carbonyl (C=O) groups excluding carboxylic acids is 2. The van der Waals surface area contributed by atoms with Gasteiger partial charge < -0.3 is 14.7 Å². The summed E-state index contributed by atoms with van der Waals surface area (Å²) in [6.07, 6.45) is -0.375. The zero-order valence-electron chi connectivity index (χ0n) is 20.5. The van der Waals surface area contributed by atoms with E-state index in [-0.39, 0.29) is 58.7 Å². The van der Waals surface area contributed by atoms with E-state index >= 15 is 0 Å². The zero-order valence-corrected chi connectivity index (χ0v) is 21.2. The average molecular weight is 531 g/mol. The van der Waals surface area contributed by atoms with E-state index in [1.807, 2.05) is 13.8 Å². The summed E-state index contributed by atoms with van der Waals surface area (Å²) < 4.78 is 19.0. The number of ether oxygens (including phenoxy) is 1. The Morgan fingerprint density at radius 1 is 1.11 bits per heavy atom. The van der Waals surface area contributed by atoms with Crippen LogP contribution in [0.3, 0.4) is 0 Å². The molecule has 4 rings (SSSR count). The maximum absolute atomic E-state index is 13.2. The molecule has 37 heavy (non-hydrogen) atoms. The van der Waals surface area contributed by atoms with Gasteiger partial charge >= 0.3 is 0 Å². The van der Waals surface area contributed by atoms with Crippen LogP contribution in [0, 0.1) is 5.82 Å². The van der Waals surface area contributed by atoms with Crippen LogP contribution in [0.5, 0.6) is 11.6 Å². The quantitative estimate of drug-likeness (QED) is 0.385. The first-order valence-electron chi connectivity index (χ1n) is 11.8.